The quantitative estimate of drug-likeness (QED) is 0.793. The molecule has 1 heterocycles. The lowest BCUT2D eigenvalue weighted by atomic mass is 10.3. The molecule has 1 aromatic heterocycles. The maximum absolute atomic E-state index is 10.7. The minimum Gasteiger partial charge on any atom is -0.497 e. The average Bonchev–Trinajstić information content (AvgIpc) is 2.79. The molecule has 20 heavy (non-hydrogen) atoms. The third kappa shape index (κ3) is 3.40. The topological polar surface area (TPSA) is 64.3 Å². The molecule has 0 aliphatic carbocycles. The zero-order valence-electron chi connectivity index (χ0n) is 11.3. The summed E-state index contributed by atoms with van der Waals surface area (Å²) in [7, 11) is 1.63. The van der Waals surface area contributed by atoms with Crippen LogP contribution in [0.3, 0.4) is 0 Å². The fourth-order valence-corrected chi connectivity index (χ4v) is 2.97. The van der Waals surface area contributed by atoms with E-state index in [-0.39, 0.29) is 5.75 Å². The smallest absolute Gasteiger partial charge is 0.313 e. The van der Waals surface area contributed by atoms with Gasteiger partial charge in [-0.25, -0.2) is 4.98 Å². The van der Waals surface area contributed by atoms with Crippen LogP contribution in [0.1, 0.15) is 0 Å². The number of thioether (sulfide) groups is 2. The van der Waals surface area contributed by atoms with Gasteiger partial charge in [-0.2, -0.15) is 11.8 Å². The van der Waals surface area contributed by atoms with Crippen molar-refractivity contribution in [1.29, 1.82) is 0 Å². The summed E-state index contributed by atoms with van der Waals surface area (Å²) in [6.07, 6.45) is 2.05. The number of hydrogen-bond donors (Lipinski definition) is 1. The molecular formula is C13H16N2O3S2. The molecule has 2 rings (SSSR count). The molecular weight excluding hydrogens is 296 g/mol. The maximum atomic E-state index is 10.7. The number of fused-ring (bicyclic) bond motifs is 1. The van der Waals surface area contributed by atoms with Gasteiger partial charge in [0.2, 0.25) is 0 Å². The molecule has 0 unspecified atom stereocenters. The molecule has 0 saturated heterocycles. The van der Waals surface area contributed by atoms with E-state index in [9.17, 15) is 4.79 Å². The Labute approximate surface area is 125 Å². The van der Waals surface area contributed by atoms with Gasteiger partial charge in [-0.3, -0.25) is 4.79 Å². The Morgan fingerprint density at radius 1 is 1.50 bits per heavy atom. The number of aliphatic carboxylic acids is 1. The molecule has 2 aromatic rings. The highest BCUT2D eigenvalue weighted by Gasteiger charge is 2.13. The van der Waals surface area contributed by atoms with Crippen molar-refractivity contribution < 1.29 is 14.6 Å². The molecule has 0 aliphatic rings. The number of aryl methyl sites for hydroxylation is 1. The summed E-state index contributed by atoms with van der Waals surface area (Å²) in [6.45, 7) is 0.798. The summed E-state index contributed by atoms with van der Waals surface area (Å²) in [4.78, 5) is 15.2. The van der Waals surface area contributed by atoms with Gasteiger partial charge in [-0.1, -0.05) is 11.8 Å². The molecule has 1 aromatic carbocycles. The van der Waals surface area contributed by atoms with Crippen LogP contribution in [0.4, 0.5) is 0 Å². The zero-order chi connectivity index (χ0) is 14.5. The lowest BCUT2D eigenvalue weighted by Gasteiger charge is -2.07. The van der Waals surface area contributed by atoms with Crippen LogP contribution in [0.15, 0.2) is 23.4 Å². The van der Waals surface area contributed by atoms with E-state index in [4.69, 9.17) is 9.84 Å². The summed E-state index contributed by atoms with van der Waals surface area (Å²) in [5.41, 5.74) is 1.84. The predicted molar refractivity (Wildman–Crippen MR) is 83.0 cm³/mol. The van der Waals surface area contributed by atoms with Crippen molar-refractivity contribution in [2.75, 3.05) is 24.9 Å². The standard InChI is InChI=1S/C13H16N2O3S2/c1-18-9-3-4-10-11(7-9)15(5-6-19-2)13(14-10)20-8-12(16)17/h3-4,7H,5-6,8H2,1-2H3,(H,16,17). The Kier molecular flexibility index (Phi) is 5.19. The number of carbonyl (C=O) groups is 1. The minimum atomic E-state index is -0.837. The Balaban J connectivity index is 2.40. The molecule has 1 N–H and O–H groups in total. The van der Waals surface area contributed by atoms with Crippen LogP contribution in [0, 0.1) is 0 Å². The number of rotatable bonds is 7. The number of aromatic nitrogens is 2. The Morgan fingerprint density at radius 3 is 2.95 bits per heavy atom. The van der Waals surface area contributed by atoms with E-state index >= 15 is 0 Å². The highest BCUT2D eigenvalue weighted by atomic mass is 32.2. The van der Waals surface area contributed by atoms with Crippen LogP contribution in [-0.4, -0.2) is 45.5 Å². The van der Waals surface area contributed by atoms with Crippen LogP contribution in [0.2, 0.25) is 0 Å². The molecule has 108 valence electrons. The van der Waals surface area contributed by atoms with E-state index in [0.717, 1.165) is 34.2 Å². The normalized spacial score (nSPS) is 10.9. The first-order valence-electron chi connectivity index (χ1n) is 6.03. The maximum Gasteiger partial charge on any atom is 0.313 e. The van der Waals surface area contributed by atoms with Crippen molar-refractivity contribution in [1.82, 2.24) is 9.55 Å². The fraction of sp³-hybridized carbons (Fsp3) is 0.385. The lowest BCUT2D eigenvalue weighted by molar-refractivity contribution is -0.133. The Bertz CT molecular complexity index is 613. The van der Waals surface area contributed by atoms with Crippen LogP contribution in [0.5, 0.6) is 5.75 Å². The number of imidazole rings is 1. The number of carboxylic acid groups (broad SMARTS) is 1. The van der Waals surface area contributed by atoms with Gasteiger partial charge in [0.15, 0.2) is 5.16 Å². The van der Waals surface area contributed by atoms with Gasteiger partial charge in [0.1, 0.15) is 5.75 Å². The Hall–Kier alpha value is -1.34. The summed E-state index contributed by atoms with van der Waals surface area (Å²) in [6, 6.07) is 5.70. The molecule has 0 saturated carbocycles. The first kappa shape index (κ1) is 15.1. The van der Waals surface area contributed by atoms with Crippen molar-refractivity contribution in [2.45, 2.75) is 11.7 Å². The lowest BCUT2D eigenvalue weighted by Crippen LogP contribution is -2.05. The van der Waals surface area contributed by atoms with Crippen molar-refractivity contribution in [3.05, 3.63) is 18.2 Å². The van der Waals surface area contributed by atoms with E-state index in [1.165, 1.54) is 11.8 Å². The van der Waals surface area contributed by atoms with E-state index in [1.807, 2.05) is 24.5 Å². The average molecular weight is 312 g/mol. The molecule has 5 nitrogen and oxygen atoms in total. The van der Waals surface area contributed by atoms with Gasteiger partial charge in [0, 0.05) is 18.4 Å². The van der Waals surface area contributed by atoms with E-state index in [2.05, 4.69) is 9.55 Å². The van der Waals surface area contributed by atoms with Gasteiger partial charge in [-0.05, 0) is 18.4 Å². The van der Waals surface area contributed by atoms with E-state index in [1.54, 1.807) is 18.9 Å². The highest BCUT2D eigenvalue weighted by molar-refractivity contribution is 7.99. The number of ether oxygens (including phenoxy) is 1. The SMILES string of the molecule is COc1ccc2nc(SCC(=O)O)n(CCSC)c2c1. The minimum absolute atomic E-state index is 0.0136. The van der Waals surface area contributed by atoms with Gasteiger partial charge in [0.25, 0.3) is 0 Å². The van der Waals surface area contributed by atoms with Crippen molar-refractivity contribution >= 4 is 40.5 Å². The molecule has 0 amide bonds. The molecule has 0 radical (unpaired) electrons. The zero-order valence-corrected chi connectivity index (χ0v) is 13.0. The second-order valence-corrected chi connectivity index (χ2v) is 6.00. The predicted octanol–water partition coefficient (Wildman–Crippen LogP) is 2.58. The number of benzene rings is 1. The first-order chi connectivity index (χ1) is 9.65. The van der Waals surface area contributed by atoms with Crippen molar-refractivity contribution in [3.63, 3.8) is 0 Å². The van der Waals surface area contributed by atoms with E-state index in [0.29, 0.717) is 0 Å². The number of carboxylic acids is 1. The summed E-state index contributed by atoms with van der Waals surface area (Å²) < 4.78 is 7.30. The van der Waals surface area contributed by atoms with Crippen LogP contribution >= 0.6 is 23.5 Å². The third-order valence-electron chi connectivity index (χ3n) is 2.76. The van der Waals surface area contributed by atoms with Crippen molar-refractivity contribution in [2.24, 2.45) is 0 Å². The van der Waals surface area contributed by atoms with Crippen LogP contribution in [-0.2, 0) is 11.3 Å². The fourth-order valence-electron chi connectivity index (χ4n) is 1.84. The number of methoxy groups -OCH3 is 1. The van der Waals surface area contributed by atoms with Gasteiger partial charge < -0.3 is 14.4 Å². The summed E-state index contributed by atoms with van der Waals surface area (Å²) >= 11 is 2.99. The Morgan fingerprint density at radius 2 is 2.30 bits per heavy atom. The van der Waals surface area contributed by atoms with Crippen molar-refractivity contribution in [3.8, 4) is 5.75 Å². The largest absolute Gasteiger partial charge is 0.497 e. The molecule has 0 aliphatic heterocycles. The van der Waals surface area contributed by atoms with Gasteiger partial charge in [0.05, 0.1) is 23.9 Å². The highest BCUT2D eigenvalue weighted by Crippen LogP contribution is 2.27. The first-order valence-corrected chi connectivity index (χ1v) is 8.41. The molecule has 0 fully saturated rings. The van der Waals surface area contributed by atoms with Crippen LogP contribution < -0.4 is 4.74 Å². The molecule has 0 bridgehead atoms. The second kappa shape index (κ2) is 6.90. The molecule has 0 spiro atoms. The third-order valence-corrected chi connectivity index (χ3v) is 4.32. The van der Waals surface area contributed by atoms with Crippen LogP contribution in [0.25, 0.3) is 11.0 Å². The molecule has 7 heteroatoms. The summed E-state index contributed by atoms with van der Waals surface area (Å²) in [5, 5.41) is 9.56. The number of hydrogen-bond acceptors (Lipinski definition) is 5. The van der Waals surface area contributed by atoms with E-state index < -0.39 is 5.97 Å². The van der Waals surface area contributed by atoms with Gasteiger partial charge >= 0.3 is 5.97 Å². The second-order valence-electron chi connectivity index (χ2n) is 4.08. The van der Waals surface area contributed by atoms with Gasteiger partial charge in [-0.15, -0.1) is 0 Å². The molecule has 0 atom stereocenters. The summed E-state index contributed by atoms with van der Waals surface area (Å²) in [5.74, 6) is 0.900. The number of nitrogens with zero attached hydrogens (tertiary/aromatic N) is 2. The monoisotopic (exact) mass is 312 g/mol.